The average molecular weight is 336 g/mol. The minimum Gasteiger partial charge on any atom is -0.366 e. The first kappa shape index (κ1) is 16.7. The summed E-state index contributed by atoms with van der Waals surface area (Å²) >= 11 is 0. The average Bonchev–Trinajstić information content (AvgIpc) is 2.93. The minimum absolute atomic E-state index is 0.228. The lowest BCUT2D eigenvalue weighted by atomic mass is 10.1. The highest BCUT2D eigenvalue weighted by Crippen LogP contribution is 2.18. The third kappa shape index (κ3) is 3.38. The van der Waals surface area contributed by atoms with E-state index in [0.717, 1.165) is 29.7 Å². The van der Waals surface area contributed by atoms with Crippen LogP contribution in [0.3, 0.4) is 0 Å². The quantitative estimate of drug-likeness (QED) is 0.750. The van der Waals surface area contributed by atoms with Crippen LogP contribution in [0.15, 0.2) is 42.6 Å². The van der Waals surface area contributed by atoms with Gasteiger partial charge in [-0.15, -0.1) is 0 Å². The molecule has 0 unspecified atom stereocenters. The van der Waals surface area contributed by atoms with Gasteiger partial charge in [0.25, 0.3) is 5.91 Å². The molecule has 128 valence electrons. The Balaban J connectivity index is 1.96. The first-order chi connectivity index (χ1) is 12.0. The SMILES string of the molecule is CCCc1nc2ccc(C)cn2c1C(=O)Nc1ccc(C(N)=O)cc1. The third-order valence-electron chi connectivity index (χ3n) is 3.97. The Morgan fingerprint density at radius 2 is 1.88 bits per heavy atom. The number of pyridine rings is 1. The van der Waals surface area contributed by atoms with E-state index in [-0.39, 0.29) is 5.91 Å². The van der Waals surface area contributed by atoms with Gasteiger partial charge in [0, 0.05) is 17.4 Å². The second kappa shape index (κ2) is 6.76. The van der Waals surface area contributed by atoms with Gasteiger partial charge in [0.2, 0.25) is 5.91 Å². The third-order valence-corrected chi connectivity index (χ3v) is 3.97. The number of nitrogens with two attached hydrogens (primary N) is 1. The van der Waals surface area contributed by atoms with Gasteiger partial charge in [0.15, 0.2) is 0 Å². The predicted octanol–water partition coefficient (Wildman–Crippen LogP) is 2.95. The molecule has 0 radical (unpaired) electrons. The molecule has 0 fully saturated rings. The molecule has 0 spiro atoms. The lowest BCUT2D eigenvalue weighted by molar-refractivity contribution is 0.0997. The topological polar surface area (TPSA) is 89.5 Å². The van der Waals surface area contributed by atoms with Crippen LogP contribution in [0, 0.1) is 6.92 Å². The van der Waals surface area contributed by atoms with Crippen molar-refractivity contribution in [1.29, 1.82) is 0 Å². The lowest BCUT2D eigenvalue weighted by Crippen LogP contribution is -2.17. The Labute approximate surface area is 145 Å². The highest BCUT2D eigenvalue weighted by Gasteiger charge is 2.19. The largest absolute Gasteiger partial charge is 0.366 e. The van der Waals surface area contributed by atoms with Crippen LogP contribution in [0.4, 0.5) is 5.69 Å². The lowest BCUT2D eigenvalue weighted by Gasteiger charge is -2.08. The fourth-order valence-corrected chi connectivity index (χ4v) is 2.76. The zero-order chi connectivity index (χ0) is 18.0. The predicted molar refractivity (Wildman–Crippen MR) is 96.8 cm³/mol. The molecule has 1 aromatic carbocycles. The molecule has 0 aliphatic carbocycles. The number of fused-ring (bicyclic) bond motifs is 1. The summed E-state index contributed by atoms with van der Waals surface area (Å²) in [4.78, 5) is 28.6. The fraction of sp³-hybridized carbons (Fsp3) is 0.211. The van der Waals surface area contributed by atoms with Crippen molar-refractivity contribution in [3.05, 3.63) is 65.1 Å². The second-order valence-electron chi connectivity index (χ2n) is 5.99. The first-order valence-electron chi connectivity index (χ1n) is 8.18. The number of benzene rings is 1. The summed E-state index contributed by atoms with van der Waals surface area (Å²) in [5, 5.41) is 2.87. The van der Waals surface area contributed by atoms with Gasteiger partial charge in [-0.1, -0.05) is 19.4 Å². The van der Waals surface area contributed by atoms with Crippen LogP contribution in [0.25, 0.3) is 5.65 Å². The Morgan fingerprint density at radius 3 is 2.52 bits per heavy atom. The number of imidazole rings is 1. The molecule has 0 aliphatic rings. The number of aryl methyl sites for hydroxylation is 2. The minimum atomic E-state index is -0.500. The Bertz CT molecular complexity index is 942. The van der Waals surface area contributed by atoms with E-state index in [9.17, 15) is 9.59 Å². The van der Waals surface area contributed by atoms with Crippen LogP contribution < -0.4 is 11.1 Å². The molecule has 0 bridgehead atoms. The van der Waals surface area contributed by atoms with Crippen molar-refractivity contribution in [2.75, 3.05) is 5.32 Å². The molecule has 0 saturated carbocycles. The van der Waals surface area contributed by atoms with Crippen molar-refractivity contribution in [2.45, 2.75) is 26.7 Å². The van der Waals surface area contributed by atoms with Crippen LogP contribution >= 0.6 is 0 Å². The van der Waals surface area contributed by atoms with E-state index in [1.807, 2.05) is 29.7 Å². The standard InChI is InChI=1S/C19H20N4O2/c1-3-4-15-17(23-11-12(2)5-10-16(23)22-15)19(25)21-14-8-6-13(7-9-14)18(20)24/h5-11H,3-4H2,1-2H3,(H2,20,24)(H,21,25). The van der Waals surface area contributed by atoms with E-state index in [1.165, 1.54) is 0 Å². The number of carbonyl (C=O) groups excluding carboxylic acids is 2. The molecule has 2 aromatic heterocycles. The molecule has 0 saturated heterocycles. The van der Waals surface area contributed by atoms with Gasteiger partial charge in [-0.2, -0.15) is 0 Å². The fourth-order valence-electron chi connectivity index (χ4n) is 2.76. The van der Waals surface area contributed by atoms with Gasteiger partial charge in [-0.05, 0) is 49.2 Å². The molecule has 6 heteroatoms. The number of anilines is 1. The monoisotopic (exact) mass is 336 g/mol. The van der Waals surface area contributed by atoms with Crippen LogP contribution in [-0.4, -0.2) is 21.2 Å². The number of nitrogens with zero attached hydrogens (tertiary/aromatic N) is 2. The molecular weight excluding hydrogens is 316 g/mol. The zero-order valence-corrected chi connectivity index (χ0v) is 14.2. The van der Waals surface area contributed by atoms with Crippen molar-refractivity contribution in [3.8, 4) is 0 Å². The summed E-state index contributed by atoms with van der Waals surface area (Å²) in [5.41, 5.74) is 9.35. The second-order valence-corrected chi connectivity index (χ2v) is 5.99. The van der Waals surface area contributed by atoms with E-state index in [2.05, 4.69) is 17.2 Å². The Hall–Kier alpha value is -3.15. The molecule has 2 heterocycles. The van der Waals surface area contributed by atoms with E-state index >= 15 is 0 Å². The smallest absolute Gasteiger partial charge is 0.274 e. The van der Waals surface area contributed by atoms with E-state index in [0.29, 0.717) is 16.9 Å². The highest BCUT2D eigenvalue weighted by molar-refractivity contribution is 6.04. The van der Waals surface area contributed by atoms with Crippen LogP contribution in [0.2, 0.25) is 0 Å². The van der Waals surface area contributed by atoms with Crippen molar-refractivity contribution in [3.63, 3.8) is 0 Å². The molecule has 3 aromatic rings. The number of nitrogens with one attached hydrogen (secondary N) is 1. The van der Waals surface area contributed by atoms with Gasteiger partial charge in [-0.25, -0.2) is 4.98 Å². The summed E-state index contributed by atoms with van der Waals surface area (Å²) in [7, 11) is 0. The van der Waals surface area contributed by atoms with Crippen molar-refractivity contribution < 1.29 is 9.59 Å². The van der Waals surface area contributed by atoms with E-state index in [1.54, 1.807) is 24.3 Å². The molecule has 2 amide bonds. The van der Waals surface area contributed by atoms with Gasteiger partial charge < -0.3 is 11.1 Å². The maximum absolute atomic E-state index is 12.9. The van der Waals surface area contributed by atoms with E-state index in [4.69, 9.17) is 5.73 Å². The van der Waals surface area contributed by atoms with Crippen molar-refractivity contribution >= 4 is 23.1 Å². The normalized spacial score (nSPS) is 10.8. The number of hydrogen-bond acceptors (Lipinski definition) is 3. The number of rotatable bonds is 5. The van der Waals surface area contributed by atoms with Crippen LogP contribution in [-0.2, 0) is 6.42 Å². The van der Waals surface area contributed by atoms with Gasteiger partial charge in [0.1, 0.15) is 11.3 Å². The first-order valence-corrected chi connectivity index (χ1v) is 8.18. The molecular formula is C19H20N4O2. The number of hydrogen-bond donors (Lipinski definition) is 2. The van der Waals surface area contributed by atoms with Gasteiger partial charge >= 0.3 is 0 Å². The number of aromatic nitrogens is 2. The number of carbonyl (C=O) groups is 2. The molecule has 0 atom stereocenters. The molecule has 25 heavy (non-hydrogen) atoms. The molecule has 6 nitrogen and oxygen atoms in total. The summed E-state index contributed by atoms with van der Waals surface area (Å²) in [5.74, 6) is -0.728. The number of amides is 2. The molecule has 3 rings (SSSR count). The molecule has 3 N–H and O–H groups in total. The summed E-state index contributed by atoms with van der Waals surface area (Å²) in [6.07, 6.45) is 3.53. The van der Waals surface area contributed by atoms with Crippen LogP contribution in [0.5, 0.6) is 0 Å². The number of primary amides is 1. The Morgan fingerprint density at radius 1 is 1.16 bits per heavy atom. The summed E-state index contributed by atoms with van der Waals surface area (Å²) < 4.78 is 1.83. The van der Waals surface area contributed by atoms with Gasteiger partial charge in [0.05, 0.1) is 5.69 Å². The molecule has 0 aliphatic heterocycles. The zero-order valence-electron chi connectivity index (χ0n) is 14.2. The summed E-state index contributed by atoms with van der Waals surface area (Å²) in [6, 6.07) is 10.4. The summed E-state index contributed by atoms with van der Waals surface area (Å²) in [6.45, 7) is 4.03. The Kier molecular flexibility index (Phi) is 4.52. The van der Waals surface area contributed by atoms with Crippen molar-refractivity contribution in [1.82, 2.24) is 9.38 Å². The van der Waals surface area contributed by atoms with Crippen molar-refractivity contribution in [2.24, 2.45) is 5.73 Å². The van der Waals surface area contributed by atoms with Crippen LogP contribution in [0.1, 0.15) is 45.4 Å². The van der Waals surface area contributed by atoms with E-state index < -0.39 is 5.91 Å². The van der Waals surface area contributed by atoms with Gasteiger partial charge in [-0.3, -0.25) is 14.0 Å². The maximum atomic E-state index is 12.9. The highest BCUT2D eigenvalue weighted by atomic mass is 16.2. The maximum Gasteiger partial charge on any atom is 0.274 e.